The SMILES string of the molecule is CC(C)N=c1ccccn1C(=O)c1cccc(S(=O)(=O)N2CCOCC2)c1. The molecule has 0 radical (unpaired) electrons. The molecule has 0 amide bonds. The molecule has 1 saturated heterocycles. The Morgan fingerprint density at radius 2 is 1.85 bits per heavy atom. The van der Waals surface area contributed by atoms with Gasteiger partial charge in [0.1, 0.15) is 5.49 Å². The van der Waals surface area contributed by atoms with E-state index in [0.717, 1.165) is 0 Å². The van der Waals surface area contributed by atoms with Crippen molar-refractivity contribution in [2.75, 3.05) is 26.3 Å². The van der Waals surface area contributed by atoms with E-state index < -0.39 is 10.0 Å². The molecule has 3 rings (SSSR count). The van der Waals surface area contributed by atoms with Crippen LogP contribution >= 0.6 is 0 Å². The molecule has 144 valence electrons. The summed E-state index contributed by atoms with van der Waals surface area (Å²) in [6.45, 7) is 5.22. The molecule has 1 aromatic heterocycles. The lowest BCUT2D eigenvalue weighted by Gasteiger charge is -2.26. The zero-order valence-corrected chi connectivity index (χ0v) is 16.2. The van der Waals surface area contributed by atoms with E-state index in [0.29, 0.717) is 37.4 Å². The molecule has 0 saturated carbocycles. The molecule has 0 unspecified atom stereocenters. The van der Waals surface area contributed by atoms with E-state index in [2.05, 4.69) is 4.99 Å². The second-order valence-corrected chi connectivity index (χ2v) is 8.44. The maximum Gasteiger partial charge on any atom is 0.263 e. The first-order valence-corrected chi connectivity index (χ1v) is 10.3. The van der Waals surface area contributed by atoms with Crippen molar-refractivity contribution in [2.45, 2.75) is 24.8 Å². The van der Waals surface area contributed by atoms with Crippen molar-refractivity contribution in [3.63, 3.8) is 0 Å². The average Bonchev–Trinajstić information content (AvgIpc) is 2.68. The highest BCUT2D eigenvalue weighted by Crippen LogP contribution is 2.18. The van der Waals surface area contributed by atoms with Crippen molar-refractivity contribution in [1.29, 1.82) is 0 Å². The van der Waals surface area contributed by atoms with Crippen LogP contribution in [0.25, 0.3) is 0 Å². The lowest BCUT2D eigenvalue weighted by atomic mass is 10.2. The van der Waals surface area contributed by atoms with Gasteiger partial charge in [-0.3, -0.25) is 14.4 Å². The van der Waals surface area contributed by atoms with Crippen molar-refractivity contribution in [3.8, 4) is 0 Å². The van der Waals surface area contributed by atoms with Crippen LogP contribution in [0.5, 0.6) is 0 Å². The van der Waals surface area contributed by atoms with E-state index in [1.54, 1.807) is 30.5 Å². The number of hydrogen-bond acceptors (Lipinski definition) is 5. The fourth-order valence-electron chi connectivity index (χ4n) is 2.84. The predicted octanol–water partition coefficient (Wildman–Crippen LogP) is 1.51. The van der Waals surface area contributed by atoms with E-state index >= 15 is 0 Å². The zero-order chi connectivity index (χ0) is 19.4. The maximum atomic E-state index is 13.0. The highest BCUT2D eigenvalue weighted by atomic mass is 32.2. The summed E-state index contributed by atoms with van der Waals surface area (Å²) >= 11 is 0. The van der Waals surface area contributed by atoms with Crippen LogP contribution in [0.2, 0.25) is 0 Å². The normalized spacial score (nSPS) is 16.6. The van der Waals surface area contributed by atoms with Crippen molar-refractivity contribution in [1.82, 2.24) is 8.87 Å². The fraction of sp³-hybridized carbons (Fsp3) is 0.368. The third-order valence-electron chi connectivity index (χ3n) is 4.14. The molecule has 2 heterocycles. The van der Waals surface area contributed by atoms with E-state index in [1.165, 1.54) is 21.0 Å². The van der Waals surface area contributed by atoms with Crippen molar-refractivity contribution in [2.24, 2.45) is 4.99 Å². The van der Waals surface area contributed by atoms with Gasteiger partial charge in [0.25, 0.3) is 5.91 Å². The van der Waals surface area contributed by atoms with Gasteiger partial charge in [-0.25, -0.2) is 8.42 Å². The average molecular weight is 389 g/mol. The van der Waals surface area contributed by atoms with Crippen LogP contribution in [-0.4, -0.2) is 55.5 Å². The second-order valence-electron chi connectivity index (χ2n) is 6.50. The summed E-state index contributed by atoms with van der Waals surface area (Å²) in [6.07, 6.45) is 1.63. The minimum atomic E-state index is -3.66. The molecular weight excluding hydrogens is 366 g/mol. The third kappa shape index (κ3) is 4.35. The number of pyridine rings is 1. The van der Waals surface area contributed by atoms with Crippen molar-refractivity contribution in [3.05, 3.63) is 59.7 Å². The highest BCUT2D eigenvalue weighted by molar-refractivity contribution is 7.89. The van der Waals surface area contributed by atoms with Crippen molar-refractivity contribution >= 4 is 15.9 Å². The summed E-state index contributed by atoms with van der Waals surface area (Å²) in [5, 5.41) is 0. The Morgan fingerprint density at radius 1 is 1.11 bits per heavy atom. The second kappa shape index (κ2) is 8.16. The summed E-state index contributed by atoms with van der Waals surface area (Å²) in [5.41, 5.74) is 0.819. The molecule has 0 aliphatic carbocycles. The first kappa shape index (κ1) is 19.5. The van der Waals surface area contributed by atoms with Gasteiger partial charge in [-0.05, 0) is 44.2 Å². The molecule has 27 heavy (non-hydrogen) atoms. The third-order valence-corrected chi connectivity index (χ3v) is 6.03. The Morgan fingerprint density at radius 3 is 2.56 bits per heavy atom. The lowest BCUT2D eigenvalue weighted by Crippen LogP contribution is -2.40. The van der Waals surface area contributed by atoms with Crippen LogP contribution in [0, 0.1) is 0 Å². The molecule has 0 spiro atoms. The van der Waals surface area contributed by atoms with Gasteiger partial charge in [-0.15, -0.1) is 0 Å². The van der Waals surface area contributed by atoms with Crippen molar-refractivity contribution < 1.29 is 17.9 Å². The minimum Gasteiger partial charge on any atom is -0.379 e. The number of benzene rings is 1. The van der Waals surface area contributed by atoms with Gasteiger partial charge in [0.05, 0.1) is 18.1 Å². The van der Waals surface area contributed by atoms with Gasteiger partial charge >= 0.3 is 0 Å². The van der Waals surface area contributed by atoms with Gasteiger partial charge in [0.2, 0.25) is 10.0 Å². The summed E-state index contributed by atoms with van der Waals surface area (Å²) in [6, 6.07) is 11.5. The smallest absolute Gasteiger partial charge is 0.263 e. The molecule has 1 aliphatic rings. The summed E-state index contributed by atoms with van der Waals surface area (Å²) < 4.78 is 33.7. The Labute approximate surface area is 159 Å². The largest absolute Gasteiger partial charge is 0.379 e. The minimum absolute atomic E-state index is 0.0273. The van der Waals surface area contributed by atoms with Crippen LogP contribution in [0.3, 0.4) is 0 Å². The van der Waals surface area contributed by atoms with Gasteiger partial charge in [0, 0.05) is 30.9 Å². The monoisotopic (exact) mass is 389 g/mol. The first-order valence-electron chi connectivity index (χ1n) is 8.84. The Hall–Kier alpha value is -2.29. The van der Waals surface area contributed by atoms with E-state index in [-0.39, 0.29) is 16.8 Å². The number of rotatable bonds is 4. The number of carbonyl (C=O) groups is 1. The topological polar surface area (TPSA) is 81.0 Å². The predicted molar refractivity (Wildman–Crippen MR) is 101 cm³/mol. The standard InChI is InChI=1S/C19H23N3O4S/c1-15(2)20-18-8-3-4-9-22(18)19(23)16-6-5-7-17(14-16)27(24,25)21-10-12-26-13-11-21/h3-9,14-15H,10-13H2,1-2H3. The molecular formula is C19H23N3O4S. The molecule has 1 fully saturated rings. The van der Waals surface area contributed by atoms with Crippen LogP contribution in [0.4, 0.5) is 0 Å². The van der Waals surface area contributed by atoms with Gasteiger partial charge in [-0.2, -0.15) is 4.31 Å². The Balaban J connectivity index is 1.98. The van der Waals surface area contributed by atoms with Gasteiger partial charge in [-0.1, -0.05) is 12.1 Å². The lowest BCUT2D eigenvalue weighted by molar-refractivity contribution is 0.0730. The number of ether oxygens (including phenoxy) is 1. The van der Waals surface area contributed by atoms with E-state index in [9.17, 15) is 13.2 Å². The molecule has 2 aromatic rings. The summed E-state index contributed by atoms with van der Waals surface area (Å²) in [5.74, 6) is -0.325. The number of hydrogen-bond donors (Lipinski definition) is 0. The molecule has 8 heteroatoms. The summed E-state index contributed by atoms with van der Waals surface area (Å²) in [4.78, 5) is 17.5. The van der Waals surface area contributed by atoms with Gasteiger partial charge < -0.3 is 4.74 Å². The molecule has 0 atom stereocenters. The molecule has 7 nitrogen and oxygen atoms in total. The molecule has 0 N–H and O–H groups in total. The van der Waals surface area contributed by atoms with Gasteiger partial charge in [0.15, 0.2) is 0 Å². The van der Waals surface area contributed by atoms with Crippen LogP contribution < -0.4 is 5.49 Å². The number of aromatic nitrogens is 1. The summed E-state index contributed by atoms with van der Waals surface area (Å²) in [7, 11) is -3.66. The number of carbonyl (C=O) groups excluding carboxylic acids is 1. The zero-order valence-electron chi connectivity index (χ0n) is 15.4. The molecule has 1 aromatic carbocycles. The van der Waals surface area contributed by atoms with Crippen LogP contribution in [0.1, 0.15) is 24.2 Å². The fourth-order valence-corrected chi connectivity index (χ4v) is 4.29. The Kier molecular flexibility index (Phi) is 5.88. The van der Waals surface area contributed by atoms with E-state index in [1.807, 2.05) is 19.9 Å². The molecule has 1 aliphatic heterocycles. The number of sulfonamides is 1. The maximum absolute atomic E-state index is 13.0. The first-order chi connectivity index (χ1) is 12.9. The van der Waals surface area contributed by atoms with Crippen LogP contribution in [0.15, 0.2) is 58.5 Å². The Bertz CT molecular complexity index is 990. The quantitative estimate of drug-likeness (QED) is 0.794. The van der Waals surface area contributed by atoms with E-state index in [4.69, 9.17) is 4.74 Å². The molecule has 0 bridgehead atoms. The number of morpholine rings is 1. The highest BCUT2D eigenvalue weighted by Gasteiger charge is 2.27. The number of nitrogens with zero attached hydrogens (tertiary/aromatic N) is 3. The van der Waals surface area contributed by atoms with Crippen LogP contribution in [-0.2, 0) is 14.8 Å².